The Morgan fingerprint density at radius 3 is 2.63 bits per heavy atom. The molecule has 19 heavy (non-hydrogen) atoms. The highest BCUT2D eigenvalue weighted by Gasteiger charge is 2.34. The first-order chi connectivity index (χ1) is 9.04. The molecule has 0 radical (unpaired) electrons. The lowest BCUT2D eigenvalue weighted by Crippen LogP contribution is -2.25. The van der Waals surface area contributed by atoms with Gasteiger partial charge in [-0.2, -0.15) is 5.26 Å². The van der Waals surface area contributed by atoms with Gasteiger partial charge >= 0.3 is 11.9 Å². The van der Waals surface area contributed by atoms with Crippen molar-refractivity contribution in [2.75, 3.05) is 7.11 Å². The van der Waals surface area contributed by atoms with Crippen molar-refractivity contribution in [2.24, 2.45) is 0 Å². The van der Waals surface area contributed by atoms with Crippen LogP contribution in [0.4, 0.5) is 0 Å². The summed E-state index contributed by atoms with van der Waals surface area (Å²) in [6.45, 7) is 0. The number of rotatable bonds is 7. The zero-order chi connectivity index (χ0) is 14.3. The van der Waals surface area contributed by atoms with E-state index in [1.165, 1.54) is 18.4 Å². The smallest absolute Gasteiger partial charge is 0.305 e. The molecule has 0 aliphatic rings. The molecule has 1 aromatic heterocycles. The van der Waals surface area contributed by atoms with Crippen LogP contribution in [0.1, 0.15) is 30.6 Å². The minimum Gasteiger partial charge on any atom is -0.481 e. The van der Waals surface area contributed by atoms with E-state index >= 15 is 0 Å². The molecule has 0 saturated heterocycles. The Morgan fingerprint density at radius 2 is 2.16 bits per heavy atom. The average Bonchev–Trinajstić information content (AvgIpc) is 2.93. The lowest BCUT2D eigenvalue weighted by Gasteiger charge is -2.24. The van der Waals surface area contributed by atoms with Crippen molar-refractivity contribution in [3.05, 3.63) is 22.4 Å². The van der Waals surface area contributed by atoms with Crippen molar-refractivity contribution in [1.29, 1.82) is 5.26 Å². The number of nitrogens with zero attached hydrogens (tertiary/aromatic N) is 1. The van der Waals surface area contributed by atoms with Crippen LogP contribution in [0.2, 0.25) is 0 Å². The van der Waals surface area contributed by atoms with Crippen LogP contribution >= 0.6 is 11.3 Å². The number of carboxylic acids is 1. The molecule has 102 valence electrons. The zero-order valence-corrected chi connectivity index (χ0v) is 11.4. The van der Waals surface area contributed by atoms with Gasteiger partial charge in [0.05, 0.1) is 18.6 Å². The van der Waals surface area contributed by atoms with Gasteiger partial charge in [0.15, 0.2) is 0 Å². The molecular formula is C13H15NO4S. The van der Waals surface area contributed by atoms with Gasteiger partial charge in [-0.1, -0.05) is 6.07 Å². The van der Waals surface area contributed by atoms with Crippen LogP contribution < -0.4 is 0 Å². The maximum absolute atomic E-state index is 11.2. The Hall–Kier alpha value is -1.87. The van der Waals surface area contributed by atoms with Crippen molar-refractivity contribution >= 4 is 23.3 Å². The molecular weight excluding hydrogens is 266 g/mol. The summed E-state index contributed by atoms with van der Waals surface area (Å²) in [6.07, 6.45) is 0.453. The van der Waals surface area contributed by atoms with Crippen LogP contribution in [-0.4, -0.2) is 24.2 Å². The van der Waals surface area contributed by atoms with Crippen LogP contribution in [0.5, 0.6) is 0 Å². The first-order valence-electron chi connectivity index (χ1n) is 5.78. The van der Waals surface area contributed by atoms with E-state index in [0.29, 0.717) is 0 Å². The summed E-state index contributed by atoms with van der Waals surface area (Å²) in [5.41, 5.74) is -0.930. The molecule has 0 bridgehead atoms. The Morgan fingerprint density at radius 1 is 1.47 bits per heavy atom. The number of aliphatic carboxylic acids is 1. The molecule has 0 aliphatic carbocycles. The summed E-state index contributed by atoms with van der Waals surface area (Å²) in [6, 6.07) is 5.80. The predicted octanol–water partition coefficient (Wildman–Crippen LogP) is 2.33. The summed E-state index contributed by atoms with van der Waals surface area (Å²) >= 11 is 1.40. The number of carbonyl (C=O) groups is 2. The monoisotopic (exact) mass is 281 g/mol. The fourth-order valence-electron chi connectivity index (χ4n) is 1.83. The van der Waals surface area contributed by atoms with E-state index in [4.69, 9.17) is 5.11 Å². The first kappa shape index (κ1) is 15.2. The molecule has 1 aromatic rings. The molecule has 1 N–H and O–H groups in total. The minimum atomic E-state index is -0.950. The second-order valence-electron chi connectivity index (χ2n) is 4.14. The largest absolute Gasteiger partial charge is 0.481 e. The predicted molar refractivity (Wildman–Crippen MR) is 69.7 cm³/mol. The Labute approximate surface area is 115 Å². The molecule has 0 saturated carbocycles. The average molecular weight is 281 g/mol. The molecule has 0 amide bonds. The third-order valence-corrected chi connectivity index (χ3v) is 4.03. The van der Waals surface area contributed by atoms with E-state index in [0.717, 1.165) is 4.88 Å². The van der Waals surface area contributed by atoms with Gasteiger partial charge in [-0.25, -0.2) is 0 Å². The Kier molecular flexibility index (Phi) is 5.52. The number of carboxylic acid groups (broad SMARTS) is 1. The Bertz CT molecular complexity index is 477. The van der Waals surface area contributed by atoms with Gasteiger partial charge in [-0.05, 0) is 24.3 Å². The molecule has 0 spiro atoms. The summed E-state index contributed by atoms with van der Waals surface area (Å²) in [7, 11) is 1.29. The summed E-state index contributed by atoms with van der Waals surface area (Å²) < 4.78 is 4.57. The van der Waals surface area contributed by atoms with E-state index in [9.17, 15) is 14.9 Å². The highest BCUT2D eigenvalue weighted by Crippen LogP contribution is 2.36. The molecule has 0 aliphatic heterocycles. The van der Waals surface area contributed by atoms with Gasteiger partial charge in [0.2, 0.25) is 0 Å². The number of thiophene rings is 1. The molecule has 1 rings (SSSR count). The highest BCUT2D eigenvalue weighted by atomic mass is 32.1. The van der Waals surface area contributed by atoms with Crippen LogP contribution in [-0.2, 0) is 19.7 Å². The van der Waals surface area contributed by atoms with E-state index < -0.39 is 17.4 Å². The van der Waals surface area contributed by atoms with Crippen molar-refractivity contribution in [1.82, 2.24) is 0 Å². The van der Waals surface area contributed by atoms with Gasteiger partial charge in [-0.15, -0.1) is 11.3 Å². The topological polar surface area (TPSA) is 87.4 Å². The number of hydrogen-bond donors (Lipinski definition) is 1. The first-order valence-corrected chi connectivity index (χ1v) is 6.66. The van der Waals surface area contributed by atoms with E-state index in [1.54, 1.807) is 6.07 Å². The summed E-state index contributed by atoms with van der Waals surface area (Å²) in [5, 5.41) is 20.1. The minimum absolute atomic E-state index is 0.0988. The molecule has 0 aromatic carbocycles. The summed E-state index contributed by atoms with van der Waals surface area (Å²) in [4.78, 5) is 22.8. The maximum Gasteiger partial charge on any atom is 0.305 e. The molecule has 6 heteroatoms. The zero-order valence-electron chi connectivity index (χ0n) is 10.6. The van der Waals surface area contributed by atoms with Gasteiger partial charge in [0, 0.05) is 17.7 Å². The number of methoxy groups -OCH3 is 1. The quantitative estimate of drug-likeness (QED) is 0.775. The van der Waals surface area contributed by atoms with Crippen molar-refractivity contribution < 1.29 is 19.4 Å². The molecule has 5 nitrogen and oxygen atoms in total. The number of carbonyl (C=O) groups excluding carboxylic acids is 1. The fourth-order valence-corrected chi connectivity index (χ4v) is 2.76. The lowest BCUT2D eigenvalue weighted by molar-refractivity contribution is -0.140. The third kappa shape index (κ3) is 4.07. The van der Waals surface area contributed by atoms with Crippen LogP contribution in [0.3, 0.4) is 0 Å². The normalized spacial score (nSPS) is 13.3. The van der Waals surface area contributed by atoms with E-state index in [-0.39, 0.29) is 25.7 Å². The Balaban J connectivity index is 2.91. The second-order valence-corrected chi connectivity index (χ2v) is 5.09. The number of esters is 1. The van der Waals surface area contributed by atoms with Gasteiger partial charge in [0.25, 0.3) is 0 Å². The second kappa shape index (κ2) is 6.90. The summed E-state index contributed by atoms with van der Waals surface area (Å²) in [5.74, 6) is -1.35. The van der Waals surface area contributed by atoms with E-state index in [1.807, 2.05) is 11.4 Å². The van der Waals surface area contributed by atoms with Crippen LogP contribution in [0, 0.1) is 11.3 Å². The SMILES string of the molecule is COC(=O)CCC(C#N)(CCC(=O)O)c1cccs1. The molecule has 1 unspecified atom stereocenters. The standard InChI is InChI=1S/C13H15NO4S/c1-18-12(17)5-7-13(9-14,6-4-11(15)16)10-3-2-8-19-10/h2-3,8H,4-7H2,1H3,(H,15,16). The van der Waals surface area contributed by atoms with Gasteiger partial charge in [0.1, 0.15) is 0 Å². The highest BCUT2D eigenvalue weighted by molar-refractivity contribution is 7.10. The molecule has 0 fully saturated rings. The van der Waals surface area contributed by atoms with E-state index in [2.05, 4.69) is 10.8 Å². The van der Waals surface area contributed by atoms with Crippen molar-refractivity contribution in [3.8, 4) is 6.07 Å². The van der Waals surface area contributed by atoms with Gasteiger partial charge in [-0.3, -0.25) is 9.59 Å². The fraction of sp³-hybridized carbons (Fsp3) is 0.462. The third-order valence-electron chi connectivity index (χ3n) is 2.96. The molecule has 1 heterocycles. The van der Waals surface area contributed by atoms with Crippen molar-refractivity contribution in [3.63, 3.8) is 0 Å². The van der Waals surface area contributed by atoms with Gasteiger partial charge < -0.3 is 9.84 Å². The van der Waals surface area contributed by atoms with Crippen molar-refractivity contribution in [2.45, 2.75) is 31.1 Å². The van der Waals surface area contributed by atoms with Crippen LogP contribution in [0.15, 0.2) is 17.5 Å². The number of ether oxygens (including phenoxy) is 1. The lowest BCUT2D eigenvalue weighted by atomic mass is 9.79. The molecule has 1 atom stereocenters. The van der Waals surface area contributed by atoms with Crippen LogP contribution in [0.25, 0.3) is 0 Å². The number of nitriles is 1. The number of hydrogen-bond acceptors (Lipinski definition) is 5. The maximum atomic E-state index is 11.2.